The average Bonchev–Trinajstić information content (AvgIpc) is 2.82. The number of hydrogen-bond donors (Lipinski definition) is 3. The van der Waals surface area contributed by atoms with E-state index in [1.54, 1.807) is 0 Å². The molecular formula is C28H33N3O2. The number of benzene rings is 3. The van der Waals surface area contributed by atoms with E-state index in [9.17, 15) is 9.59 Å². The number of carbonyl (C=O) groups excluding carboxylic acids is 2. The molecular weight excluding hydrogens is 410 g/mol. The van der Waals surface area contributed by atoms with E-state index in [2.05, 4.69) is 35.0 Å². The molecule has 2 amide bonds. The zero-order valence-corrected chi connectivity index (χ0v) is 19.6. The Bertz CT molecular complexity index is 1050. The van der Waals surface area contributed by atoms with Gasteiger partial charge in [-0.2, -0.15) is 0 Å². The minimum atomic E-state index is -0.673. The molecule has 0 saturated carbocycles. The summed E-state index contributed by atoms with van der Waals surface area (Å²) in [4.78, 5) is 25.8. The Kier molecular flexibility index (Phi) is 8.79. The van der Waals surface area contributed by atoms with Crippen LogP contribution in [0.5, 0.6) is 0 Å². The molecule has 0 saturated heterocycles. The van der Waals surface area contributed by atoms with Gasteiger partial charge in [-0.15, -0.1) is 0 Å². The number of amides is 2. The van der Waals surface area contributed by atoms with Gasteiger partial charge in [-0.25, -0.2) is 0 Å². The molecule has 0 unspecified atom stereocenters. The SMILES string of the molecule is Cc1ccc(C)c(NC(=O)[C@@H](Cc2ccccc2)NC(=O)CNC[C@H](C)c2ccccc2)c1. The van der Waals surface area contributed by atoms with Crippen molar-refractivity contribution in [1.82, 2.24) is 10.6 Å². The summed E-state index contributed by atoms with van der Waals surface area (Å²) in [7, 11) is 0. The topological polar surface area (TPSA) is 70.2 Å². The minimum absolute atomic E-state index is 0.152. The van der Waals surface area contributed by atoms with E-state index in [0.717, 1.165) is 22.4 Å². The van der Waals surface area contributed by atoms with Gasteiger partial charge < -0.3 is 16.0 Å². The predicted octanol–water partition coefficient (Wildman–Crippen LogP) is 4.36. The summed E-state index contributed by atoms with van der Waals surface area (Å²) >= 11 is 0. The van der Waals surface area contributed by atoms with Crippen molar-refractivity contribution in [3.05, 3.63) is 101 Å². The highest BCUT2D eigenvalue weighted by Gasteiger charge is 2.22. The molecule has 5 heteroatoms. The Morgan fingerprint density at radius 1 is 0.879 bits per heavy atom. The van der Waals surface area contributed by atoms with Crippen LogP contribution in [0, 0.1) is 13.8 Å². The van der Waals surface area contributed by atoms with Crippen molar-refractivity contribution >= 4 is 17.5 Å². The molecule has 0 spiro atoms. The van der Waals surface area contributed by atoms with Crippen LogP contribution in [0.4, 0.5) is 5.69 Å². The Morgan fingerprint density at radius 2 is 1.55 bits per heavy atom. The molecule has 5 nitrogen and oxygen atoms in total. The van der Waals surface area contributed by atoms with Crippen molar-refractivity contribution in [3.8, 4) is 0 Å². The third-order valence-electron chi connectivity index (χ3n) is 5.69. The zero-order chi connectivity index (χ0) is 23.6. The van der Waals surface area contributed by atoms with E-state index in [-0.39, 0.29) is 24.3 Å². The lowest BCUT2D eigenvalue weighted by atomic mass is 10.0. The molecule has 0 aliphatic rings. The van der Waals surface area contributed by atoms with Crippen LogP contribution in [0.25, 0.3) is 0 Å². The molecule has 0 aromatic heterocycles. The fraction of sp³-hybridized carbons (Fsp3) is 0.286. The average molecular weight is 444 g/mol. The van der Waals surface area contributed by atoms with E-state index < -0.39 is 6.04 Å². The fourth-order valence-electron chi connectivity index (χ4n) is 3.70. The van der Waals surface area contributed by atoms with Gasteiger partial charge in [-0.1, -0.05) is 79.7 Å². The molecule has 3 rings (SSSR count). The lowest BCUT2D eigenvalue weighted by Gasteiger charge is -2.20. The van der Waals surface area contributed by atoms with Gasteiger partial charge in [0, 0.05) is 18.7 Å². The summed E-state index contributed by atoms with van der Waals surface area (Å²) in [5.74, 6) is -0.141. The van der Waals surface area contributed by atoms with Crippen LogP contribution in [0.2, 0.25) is 0 Å². The quantitative estimate of drug-likeness (QED) is 0.436. The first kappa shape index (κ1) is 24.2. The van der Waals surface area contributed by atoms with Crippen molar-refractivity contribution in [1.29, 1.82) is 0 Å². The molecule has 0 heterocycles. The van der Waals surface area contributed by atoms with Gasteiger partial charge in [0.05, 0.1) is 6.54 Å². The van der Waals surface area contributed by atoms with E-state index in [1.807, 2.05) is 80.6 Å². The normalized spacial score (nSPS) is 12.6. The van der Waals surface area contributed by atoms with Crippen molar-refractivity contribution in [2.24, 2.45) is 0 Å². The minimum Gasteiger partial charge on any atom is -0.343 e. The number of carbonyl (C=O) groups is 2. The molecule has 2 atom stereocenters. The Morgan fingerprint density at radius 3 is 2.24 bits per heavy atom. The summed E-state index contributed by atoms with van der Waals surface area (Å²) in [5.41, 5.74) is 5.03. The first-order chi connectivity index (χ1) is 15.9. The van der Waals surface area contributed by atoms with Gasteiger partial charge >= 0.3 is 0 Å². The summed E-state index contributed by atoms with van der Waals surface area (Å²) in [6, 6.07) is 25.2. The maximum absolute atomic E-state index is 13.1. The molecule has 0 fully saturated rings. The molecule has 0 aliphatic heterocycles. The largest absolute Gasteiger partial charge is 0.343 e. The smallest absolute Gasteiger partial charge is 0.247 e. The molecule has 33 heavy (non-hydrogen) atoms. The second-order valence-electron chi connectivity index (χ2n) is 8.56. The first-order valence-corrected chi connectivity index (χ1v) is 11.4. The van der Waals surface area contributed by atoms with Crippen molar-refractivity contribution in [3.63, 3.8) is 0 Å². The molecule has 0 radical (unpaired) electrons. The summed E-state index contributed by atoms with van der Waals surface area (Å²) in [6.45, 7) is 6.89. The van der Waals surface area contributed by atoms with Gasteiger partial charge in [0.2, 0.25) is 11.8 Å². The van der Waals surface area contributed by atoms with Crippen LogP contribution in [0.15, 0.2) is 78.9 Å². The Labute approximate surface area is 196 Å². The maximum atomic E-state index is 13.1. The van der Waals surface area contributed by atoms with E-state index >= 15 is 0 Å². The van der Waals surface area contributed by atoms with Crippen LogP contribution < -0.4 is 16.0 Å². The first-order valence-electron chi connectivity index (χ1n) is 11.4. The van der Waals surface area contributed by atoms with Crippen LogP contribution >= 0.6 is 0 Å². The number of aryl methyl sites for hydroxylation is 2. The molecule has 3 aromatic rings. The summed E-state index contributed by atoms with van der Waals surface area (Å²) in [5, 5.41) is 9.13. The fourth-order valence-corrected chi connectivity index (χ4v) is 3.70. The third kappa shape index (κ3) is 7.58. The molecule has 3 N–H and O–H groups in total. The van der Waals surface area contributed by atoms with Crippen molar-refractivity contribution < 1.29 is 9.59 Å². The van der Waals surface area contributed by atoms with E-state index in [1.165, 1.54) is 5.56 Å². The molecule has 0 bridgehead atoms. The van der Waals surface area contributed by atoms with Gasteiger partial charge in [0.25, 0.3) is 0 Å². The van der Waals surface area contributed by atoms with Gasteiger partial charge in [-0.05, 0) is 48.1 Å². The van der Waals surface area contributed by atoms with Gasteiger partial charge in [0.1, 0.15) is 6.04 Å². The van der Waals surface area contributed by atoms with Crippen LogP contribution in [-0.2, 0) is 16.0 Å². The molecule has 3 aromatic carbocycles. The number of hydrogen-bond acceptors (Lipinski definition) is 3. The molecule has 0 aliphatic carbocycles. The lowest BCUT2D eigenvalue weighted by Crippen LogP contribution is -2.48. The predicted molar refractivity (Wildman–Crippen MR) is 134 cm³/mol. The van der Waals surface area contributed by atoms with Crippen molar-refractivity contribution in [2.45, 2.75) is 39.2 Å². The van der Waals surface area contributed by atoms with Crippen LogP contribution in [-0.4, -0.2) is 30.9 Å². The highest BCUT2D eigenvalue weighted by Crippen LogP contribution is 2.17. The lowest BCUT2D eigenvalue weighted by molar-refractivity contribution is -0.125. The highest BCUT2D eigenvalue weighted by atomic mass is 16.2. The van der Waals surface area contributed by atoms with Gasteiger partial charge in [-0.3, -0.25) is 9.59 Å². The Hall–Kier alpha value is -3.44. The standard InChI is InChI=1S/C28H33N3O2/c1-20-14-15-21(2)25(16-20)31-28(33)26(17-23-10-6-4-7-11-23)30-27(32)19-29-18-22(3)24-12-8-5-9-13-24/h4-16,22,26,29H,17-19H2,1-3H3,(H,30,32)(H,31,33)/t22-,26+/m0/s1. The van der Waals surface area contributed by atoms with Crippen LogP contribution in [0.1, 0.15) is 35.1 Å². The molecule has 172 valence electrons. The number of rotatable bonds is 10. The monoisotopic (exact) mass is 443 g/mol. The van der Waals surface area contributed by atoms with E-state index in [4.69, 9.17) is 0 Å². The van der Waals surface area contributed by atoms with E-state index in [0.29, 0.717) is 13.0 Å². The summed E-state index contributed by atoms with van der Waals surface area (Å²) in [6.07, 6.45) is 0.420. The maximum Gasteiger partial charge on any atom is 0.247 e. The van der Waals surface area contributed by atoms with Crippen molar-refractivity contribution in [2.75, 3.05) is 18.4 Å². The van der Waals surface area contributed by atoms with Gasteiger partial charge in [0.15, 0.2) is 0 Å². The van der Waals surface area contributed by atoms with Crippen LogP contribution in [0.3, 0.4) is 0 Å². The Balaban J connectivity index is 1.61. The highest BCUT2D eigenvalue weighted by molar-refractivity contribution is 5.98. The number of anilines is 1. The second kappa shape index (κ2) is 12.0. The third-order valence-corrected chi connectivity index (χ3v) is 5.69. The second-order valence-corrected chi connectivity index (χ2v) is 8.56. The number of nitrogens with one attached hydrogen (secondary N) is 3. The summed E-state index contributed by atoms with van der Waals surface area (Å²) < 4.78 is 0. The zero-order valence-electron chi connectivity index (χ0n) is 19.6.